The van der Waals surface area contributed by atoms with E-state index >= 15 is 0 Å². The molecule has 2 N–H and O–H groups in total. The first-order valence-electron chi connectivity index (χ1n) is 8.10. The van der Waals surface area contributed by atoms with Crippen LogP contribution in [0.15, 0.2) is 12.1 Å². The molecule has 0 unspecified atom stereocenters. The van der Waals surface area contributed by atoms with E-state index in [-0.39, 0.29) is 11.8 Å². The van der Waals surface area contributed by atoms with Crippen LogP contribution in [-0.2, 0) is 0 Å². The van der Waals surface area contributed by atoms with Crippen LogP contribution >= 0.6 is 0 Å². The Morgan fingerprint density at radius 3 is 2.55 bits per heavy atom. The van der Waals surface area contributed by atoms with Crippen molar-refractivity contribution in [2.45, 2.75) is 32.2 Å². The molecule has 1 aliphatic heterocycles. The number of phenols is 1. The molecule has 1 aliphatic rings. The highest BCUT2D eigenvalue weighted by atomic mass is 16.5. The summed E-state index contributed by atoms with van der Waals surface area (Å²) < 4.78 is 10.8. The van der Waals surface area contributed by atoms with Gasteiger partial charge in [0.2, 0.25) is 0 Å². The molecule has 0 radical (unpaired) electrons. The average Bonchev–Trinajstić information content (AvgIpc) is 2.56. The lowest BCUT2D eigenvalue weighted by molar-refractivity contribution is 0.157. The van der Waals surface area contributed by atoms with Crippen LogP contribution in [0.25, 0.3) is 0 Å². The molecule has 5 nitrogen and oxygen atoms in total. The van der Waals surface area contributed by atoms with Crippen LogP contribution in [0.2, 0.25) is 0 Å². The Morgan fingerprint density at radius 1 is 1.23 bits per heavy atom. The summed E-state index contributed by atoms with van der Waals surface area (Å²) >= 11 is 0. The molecule has 2 rings (SSSR count). The summed E-state index contributed by atoms with van der Waals surface area (Å²) in [5.74, 6) is 1.58. The van der Waals surface area contributed by atoms with E-state index in [0.717, 1.165) is 51.0 Å². The Kier molecular flexibility index (Phi) is 6.34. The van der Waals surface area contributed by atoms with Crippen molar-refractivity contribution < 1.29 is 14.6 Å². The van der Waals surface area contributed by atoms with Gasteiger partial charge in [0, 0.05) is 44.4 Å². The molecule has 1 saturated heterocycles. The standard InChI is InChI=1S/C17H28N2O3/c1-4-5-6-14(19-9-7-18-8-10-19)17-15(20)11-13(21-2)12-16(17)22-3/h11-12,14,18,20H,4-10H2,1-3H3/t14-/m1/s1. The van der Waals surface area contributed by atoms with E-state index in [4.69, 9.17) is 9.47 Å². The number of rotatable bonds is 7. The van der Waals surface area contributed by atoms with Gasteiger partial charge < -0.3 is 19.9 Å². The van der Waals surface area contributed by atoms with E-state index in [9.17, 15) is 5.11 Å². The second-order valence-electron chi connectivity index (χ2n) is 5.71. The molecule has 0 spiro atoms. The Labute approximate surface area is 133 Å². The van der Waals surface area contributed by atoms with Crippen LogP contribution in [0.5, 0.6) is 17.2 Å². The molecular formula is C17H28N2O3. The van der Waals surface area contributed by atoms with Crippen molar-refractivity contribution in [2.24, 2.45) is 0 Å². The Hall–Kier alpha value is -1.46. The third kappa shape index (κ3) is 3.84. The van der Waals surface area contributed by atoms with Gasteiger partial charge in [0.15, 0.2) is 0 Å². The molecule has 1 atom stereocenters. The number of benzene rings is 1. The van der Waals surface area contributed by atoms with Crippen molar-refractivity contribution in [1.82, 2.24) is 10.2 Å². The van der Waals surface area contributed by atoms with Crippen LogP contribution < -0.4 is 14.8 Å². The summed E-state index contributed by atoms with van der Waals surface area (Å²) in [5, 5.41) is 13.9. The maximum absolute atomic E-state index is 10.5. The lowest BCUT2D eigenvalue weighted by Gasteiger charge is -2.36. The minimum absolute atomic E-state index is 0.183. The summed E-state index contributed by atoms with van der Waals surface area (Å²) in [6.07, 6.45) is 3.29. The van der Waals surface area contributed by atoms with E-state index in [1.54, 1.807) is 20.3 Å². The second-order valence-corrected chi connectivity index (χ2v) is 5.71. The zero-order valence-electron chi connectivity index (χ0n) is 13.9. The molecule has 0 bridgehead atoms. The molecule has 22 heavy (non-hydrogen) atoms. The molecule has 0 aliphatic carbocycles. The van der Waals surface area contributed by atoms with Crippen molar-refractivity contribution in [2.75, 3.05) is 40.4 Å². The molecular weight excluding hydrogens is 280 g/mol. The van der Waals surface area contributed by atoms with Crippen LogP contribution in [-0.4, -0.2) is 50.4 Å². The van der Waals surface area contributed by atoms with Crippen LogP contribution in [0, 0.1) is 0 Å². The lowest BCUT2D eigenvalue weighted by Crippen LogP contribution is -2.45. The first-order chi connectivity index (χ1) is 10.7. The van der Waals surface area contributed by atoms with Gasteiger partial charge in [-0.25, -0.2) is 0 Å². The summed E-state index contributed by atoms with van der Waals surface area (Å²) in [4.78, 5) is 2.44. The first kappa shape index (κ1) is 16.9. The Morgan fingerprint density at radius 2 is 1.95 bits per heavy atom. The van der Waals surface area contributed by atoms with Gasteiger partial charge in [-0.3, -0.25) is 4.90 Å². The van der Waals surface area contributed by atoms with E-state index in [1.807, 2.05) is 6.07 Å². The molecule has 0 amide bonds. The predicted molar refractivity (Wildman–Crippen MR) is 87.9 cm³/mol. The fraction of sp³-hybridized carbons (Fsp3) is 0.647. The smallest absolute Gasteiger partial charge is 0.131 e. The van der Waals surface area contributed by atoms with Crippen molar-refractivity contribution >= 4 is 0 Å². The van der Waals surface area contributed by atoms with Gasteiger partial charge in [-0.15, -0.1) is 0 Å². The third-order valence-corrected chi connectivity index (χ3v) is 4.31. The Bertz CT molecular complexity index is 473. The van der Waals surface area contributed by atoms with Crippen molar-refractivity contribution in [1.29, 1.82) is 0 Å². The zero-order valence-corrected chi connectivity index (χ0v) is 13.9. The van der Waals surface area contributed by atoms with Gasteiger partial charge in [-0.2, -0.15) is 0 Å². The maximum Gasteiger partial charge on any atom is 0.131 e. The van der Waals surface area contributed by atoms with E-state index in [1.165, 1.54) is 0 Å². The number of hydrogen-bond acceptors (Lipinski definition) is 5. The highest BCUT2D eigenvalue weighted by Gasteiger charge is 2.27. The molecule has 1 heterocycles. The minimum atomic E-state index is 0.183. The molecule has 5 heteroatoms. The average molecular weight is 308 g/mol. The number of nitrogens with one attached hydrogen (secondary N) is 1. The topological polar surface area (TPSA) is 54.0 Å². The van der Waals surface area contributed by atoms with Crippen LogP contribution in [0.3, 0.4) is 0 Å². The van der Waals surface area contributed by atoms with Crippen LogP contribution in [0.4, 0.5) is 0 Å². The molecule has 1 aromatic rings. The van der Waals surface area contributed by atoms with Gasteiger partial charge in [0.25, 0.3) is 0 Å². The number of unbranched alkanes of at least 4 members (excludes halogenated alkanes) is 1. The largest absolute Gasteiger partial charge is 0.507 e. The maximum atomic E-state index is 10.5. The number of piperazine rings is 1. The van der Waals surface area contributed by atoms with Crippen molar-refractivity contribution in [3.05, 3.63) is 17.7 Å². The van der Waals surface area contributed by atoms with E-state index in [2.05, 4.69) is 17.1 Å². The van der Waals surface area contributed by atoms with E-state index in [0.29, 0.717) is 11.5 Å². The quantitative estimate of drug-likeness (QED) is 0.811. The normalized spacial score (nSPS) is 17.2. The number of nitrogens with zero attached hydrogens (tertiary/aromatic N) is 1. The van der Waals surface area contributed by atoms with Gasteiger partial charge in [0.05, 0.1) is 19.8 Å². The predicted octanol–water partition coefficient (Wildman–Crippen LogP) is 2.55. The van der Waals surface area contributed by atoms with Gasteiger partial charge in [-0.05, 0) is 6.42 Å². The SMILES string of the molecule is CCCC[C@H](c1c(O)cc(OC)cc1OC)N1CCNCC1. The molecule has 0 saturated carbocycles. The summed E-state index contributed by atoms with van der Waals surface area (Å²) in [6, 6.07) is 3.72. The van der Waals surface area contributed by atoms with Gasteiger partial charge in [0.1, 0.15) is 17.2 Å². The highest BCUT2D eigenvalue weighted by molar-refractivity contribution is 5.51. The molecule has 124 valence electrons. The van der Waals surface area contributed by atoms with Gasteiger partial charge in [-0.1, -0.05) is 19.8 Å². The summed E-state index contributed by atoms with van der Waals surface area (Å²) in [6.45, 7) is 6.15. The third-order valence-electron chi connectivity index (χ3n) is 4.31. The molecule has 0 aromatic heterocycles. The number of phenolic OH excluding ortho intramolecular Hbond substituents is 1. The number of aromatic hydroxyl groups is 1. The number of methoxy groups -OCH3 is 2. The zero-order chi connectivity index (χ0) is 15.9. The van der Waals surface area contributed by atoms with Gasteiger partial charge >= 0.3 is 0 Å². The monoisotopic (exact) mass is 308 g/mol. The lowest BCUT2D eigenvalue weighted by atomic mass is 9.96. The number of ether oxygens (including phenoxy) is 2. The molecule has 1 fully saturated rings. The summed E-state index contributed by atoms with van der Waals surface area (Å²) in [5.41, 5.74) is 0.888. The molecule has 1 aromatic carbocycles. The second kappa shape index (κ2) is 8.25. The fourth-order valence-corrected chi connectivity index (χ4v) is 3.11. The van der Waals surface area contributed by atoms with Crippen LogP contribution in [0.1, 0.15) is 37.8 Å². The fourth-order valence-electron chi connectivity index (χ4n) is 3.11. The first-order valence-corrected chi connectivity index (χ1v) is 8.10. The summed E-state index contributed by atoms with van der Waals surface area (Å²) in [7, 11) is 3.24. The Balaban J connectivity index is 2.36. The highest BCUT2D eigenvalue weighted by Crippen LogP contribution is 2.42. The minimum Gasteiger partial charge on any atom is -0.507 e. The van der Waals surface area contributed by atoms with E-state index < -0.39 is 0 Å². The van der Waals surface area contributed by atoms with Crippen molar-refractivity contribution in [3.63, 3.8) is 0 Å². The number of hydrogen-bond donors (Lipinski definition) is 2. The van der Waals surface area contributed by atoms with Crippen molar-refractivity contribution in [3.8, 4) is 17.2 Å².